The number of aliphatic hydroxyl groups is 3. The fourth-order valence-electron chi connectivity index (χ4n) is 2.59. The Morgan fingerprint density at radius 1 is 1.35 bits per heavy atom. The fourth-order valence-corrected chi connectivity index (χ4v) is 4.10. The minimum absolute atomic E-state index is 0.0801. The minimum Gasteiger partial charge on any atom is -0.445 e. The van der Waals surface area contributed by atoms with Crippen LogP contribution in [-0.4, -0.2) is 78.7 Å². The van der Waals surface area contributed by atoms with Gasteiger partial charge in [-0.1, -0.05) is 17.7 Å². The van der Waals surface area contributed by atoms with E-state index < -0.39 is 41.0 Å². The lowest BCUT2D eigenvalue weighted by Gasteiger charge is -2.34. The predicted molar refractivity (Wildman–Crippen MR) is 91.9 cm³/mol. The third-order valence-electron chi connectivity index (χ3n) is 3.98. The van der Waals surface area contributed by atoms with E-state index in [1.807, 2.05) is 6.92 Å². The number of carbonyl (C=O) groups is 1. The van der Waals surface area contributed by atoms with Gasteiger partial charge in [-0.15, -0.1) is 0 Å². The molecule has 1 aromatic rings. The molecule has 2 rings (SSSR count). The molecule has 3 atom stereocenters. The van der Waals surface area contributed by atoms with Gasteiger partial charge < -0.3 is 25.4 Å². The Hall–Kier alpha value is -1.72. The van der Waals surface area contributed by atoms with Crippen LogP contribution in [0.1, 0.15) is 12.0 Å². The van der Waals surface area contributed by atoms with Crippen molar-refractivity contribution < 1.29 is 33.3 Å². The average molecular weight is 388 g/mol. The fraction of sp³-hybridized carbons (Fsp3) is 0.562. The highest BCUT2D eigenvalue weighted by atomic mass is 32.2. The predicted octanol–water partition coefficient (Wildman–Crippen LogP) is -0.802. The second kappa shape index (κ2) is 8.78. The van der Waals surface area contributed by atoms with Crippen molar-refractivity contribution in [2.75, 3.05) is 26.2 Å². The molecule has 1 saturated heterocycles. The Morgan fingerprint density at radius 2 is 2.00 bits per heavy atom. The first-order chi connectivity index (χ1) is 12.2. The number of piperidine rings is 1. The molecule has 4 N–H and O–H groups in total. The van der Waals surface area contributed by atoms with Crippen molar-refractivity contribution >= 4 is 16.1 Å². The highest BCUT2D eigenvalue weighted by molar-refractivity contribution is 7.89. The smallest absolute Gasteiger partial charge is 0.407 e. The lowest BCUT2D eigenvalue weighted by atomic mass is 10.1. The van der Waals surface area contributed by atoms with Gasteiger partial charge in [-0.05, 0) is 19.1 Å². The van der Waals surface area contributed by atoms with E-state index in [1.165, 1.54) is 12.1 Å². The monoisotopic (exact) mass is 388 g/mol. The Labute approximate surface area is 152 Å². The van der Waals surface area contributed by atoms with Gasteiger partial charge in [0.2, 0.25) is 10.0 Å². The summed E-state index contributed by atoms with van der Waals surface area (Å²) in [5.74, 6) is 0. The molecule has 9 nitrogen and oxygen atoms in total. The molecular formula is C16H24N2O7S. The van der Waals surface area contributed by atoms with Gasteiger partial charge in [0.1, 0.15) is 6.10 Å². The quantitative estimate of drug-likeness (QED) is 0.501. The maximum Gasteiger partial charge on any atom is 0.407 e. The van der Waals surface area contributed by atoms with Crippen LogP contribution in [0.25, 0.3) is 0 Å². The topological polar surface area (TPSA) is 136 Å². The Bertz CT molecular complexity index is 708. The first-order valence-electron chi connectivity index (χ1n) is 8.20. The number of nitrogens with zero attached hydrogens (tertiary/aromatic N) is 1. The normalized spacial score (nSPS) is 22.6. The number of sulfonamides is 1. The van der Waals surface area contributed by atoms with Crippen molar-refractivity contribution in [2.24, 2.45) is 0 Å². The van der Waals surface area contributed by atoms with E-state index in [-0.39, 0.29) is 31.0 Å². The van der Waals surface area contributed by atoms with Crippen LogP contribution in [0, 0.1) is 6.92 Å². The molecule has 1 fully saturated rings. The van der Waals surface area contributed by atoms with Crippen LogP contribution < -0.4 is 5.32 Å². The summed E-state index contributed by atoms with van der Waals surface area (Å²) in [6, 6.07) is 6.34. The number of aryl methyl sites for hydroxylation is 1. The number of hydrogen-bond acceptors (Lipinski definition) is 7. The molecule has 1 amide bonds. The number of carbonyl (C=O) groups excluding carboxylic acids is 1. The molecule has 1 aliphatic heterocycles. The van der Waals surface area contributed by atoms with Crippen LogP contribution in [0.5, 0.6) is 0 Å². The van der Waals surface area contributed by atoms with Crippen LogP contribution in [0.15, 0.2) is 29.2 Å². The number of amides is 1. The van der Waals surface area contributed by atoms with Gasteiger partial charge in [0.05, 0.1) is 30.3 Å². The summed E-state index contributed by atoms with van der Waals surface area (Å²) in [5.41, 5.74) is 0.922. The summed E-state index contributed by atoms with van der Waals surface area (Å²) in [7, 11) is -3.82. The molecule has 0 aromatic heterocycles. The van der Waals surface area contributed by atoms with Gasteiger partial charge in [0.15, 0.2) is 0 Å². The highest BCUT2D eigenvalue weighted by Crippen LogP contribution is 2.22. The standard InChI is InChI=1S/C16H24N2O7S/c1-11-2-4-15(5-3-11)26(23,24)18-8-12(20)6-14(9-18)25-16(22)17-7-13(21)10-19/h2-5,12-14,19-21H,6-10H2,1H3,(H,17,22)/t12-,13?,14-/m1/s1. The molecule has 0 saturated carbocycles. The Kier molecular flexibility index (Phi) is 6.95. The SMILES string of the molecule is Cc1ccc(S(=O)(=O)N2C[C@H](O)C[C@@H](OC(=O)NCC(O)CO)C2)cc1. The molecule has 1 aromatic carbocycles. The molecule has 26 heavy (non-hydrogen) atoms. The van der Waals surface area contributed by atoms with E-state index in [0.717, 1.165) is 9.87 Å². The molecule has 0 spiro atoms. The summed E-state index contributed by atoms with van der Waals surface area (Å²) in [5, 5.41) is 30.2. The molecule has 1 heterocycles. The molecule has 0 aliphatic carbocycles. The van der Waals surface area contributed by atoms with Crippen LogP contribution in [0.2, 0.25) is 0 Å². The maximum absolute atomic E-state index is 12.7. The van der Waals surface area contributed by atoms with Crippen molar-refractivity contribution in [1.82, 2.24) is 9.62 Å². The van der Waals surface area contributed by atoms with Gasteiger partial charge in [-0.2, -0.15) is 4.31 Å². The van der Waals surface area contributed by atoms with E-state index in [1.54, 1.807) is 12.1 Å². The lowest BCUT2D eigenvalue weighted by Crippen LogP contribution is -2.50. The van der Waals surface area contributed by atoms with E-state index in [0.29, 0.717) is 0 Å². The number of benzene rings is 1. The molecule has 1 aliphatic rings. The summed E-state index contributed by atoms with van der Waals surface area (Å²) in [6.45, 7) is 0.975. The zero-order valence-corrected chi connectivity index (χ0v) is 15.2. The molecule has 10 heteroatoms. The number of rotatable bonds is 6. The number of aliphatic hydroxyl groups excluding tert-OH is 3. The number of nitrogens with one attached hydrogen (secondary N) is 1. The lowest BCUT2D eigenvalue weighted by molar-refractivity contribution is 0.00587. The van der Waals surface area contributed by atoms with Crippen molar-refractivity contribution in [3.05, 3.63) is 29.8 Å². The van der Waals surface area contributed by atoms with Crippen LogP contribution in [0.3, 0.4) is 0 Å². The zero-order chi connectivity index (χ0) is 19.3. The molecule has 0 radical (unpaired) electrons. The van der Waals surface area contributed by atoms with Crippen LogP contribution in [-0.2, 0) is 14.8 Å². The van der Waals surface area contributed by atoms with Crippen molar-refractivity contribution in [3.8, 4) is 0 Å². The minimum atomic E-state index is -3.82. The van der Waals surface area contributed by atoms with E-state index in [2.05, 4.69) is 5.32 Å². The van der Waals surface area contributed by atoms with Crippen molar-refractivity contribution in [2.45, 2.75) is 36.6 Å². The van der Waals surface area contributed by atoms with Crippen molar-refractivity contribution in [3.63, 3.8) is 0 Å². The zero-order valence-electron chi connectivity index (χ0n) is 14.4. The van der Waals surface area contributed by atoms with E-state index >= 15 is 0 Å². The first kappa shape index (κ1) is 20.6. The second-order valence-electron chi connectivity index (χ2n) is 6.27. The number of β-amino-alcohol motifs (C(OH)–C–C–N with tert-alkyl or cyclic N) is 1. The van der Waals surface area contributed by atoms with E-state index in [4.69, 9.17) is 9.84 Å². The third kappa shape index (κ3) is 5.39. The van der Waals surface area contributed by atoms with Gasteiger partial charge in [0, 0.05) is 19.5 Å². The first-order valence-corrected chi connectivity index (χ1v) is 9.64. The van der Waals surface area contributed by atoms with Crippen LogP contribution >= 0.6 is 0 Å². The molecule has 0 bridgehead atoms. The average Bonchev–Trinajstić information content (AvgIpc) is 2.59. The number of alkyl carbamates (subject to hydrolysis) is 1. The maximum atomic E-state index is 12.7. The molecule has 146 valence electrons. The highest BCUT2D eigenvalue weighted by Gasteiger charge is 2.35. The molecule has 1 unspecified atom stereocenters. The number of hydrogen-bond donors (Lipinski definition) is 4. The van der Waals surface area contributed by atoms with Gasteiger partial charge in [0.25, 0.3) is 0 Å². The van der Waals surface area contributed by atoms with E-state index in [9.17, 15) is 23.4 Å². The van der Waals surface area contributed by atoms with Gasteiger partial charge in [-0.25, -0.2) is 13.2 Å². The summed E-state index contributed by atoms with van der Waals surface area (Å²) in [6.07, 6.45) is -3.66. The number of ether oxygens (including phenoxy) is 1. The van der Waals surface area contributed by atoms with Gasteiger partial charge >= 0.3 is 6.09 Å². The Morgan fingerprint density at radius 3 is 2.62 bits per heavy atom. The van der Waals surface area contributed by atoms with Crippen molar-refractivity contribution in [1.29, 1.82) is 0 Å². The van der Waals surface area contributed by atoms with Gasteiger partial charge in [-0.3, -0.25) is 0 Å². The summed E-state index contributed by atoms with van der Waals surface area (Å²) < 4.78 is 31.7. The summed E-state index contributed by atoms with van der Waals surface area (Å²) >= 11 is 0. The largest absolute Gasteiger partial charge is 0.445 e. The molecular weight excluding hydrogens is 364 g/mol. The summed E-state index contributed by atoms with van der Waals surface area (Å²) in [4.78, 5) is 11.8. The van der Waals surface area contributed by atoms with Crippen LogP contribution in [0.4, 0.5) is 4.79 Å². The third-order valence-corrected chi connectivity index (χ3v) is 5.83. The Balaban J connectivity index is 2.02. The second-order valence-corrected chi connectivity index (χ2v) is 8.21.